The highest BCUT2D eigenvalue weighted by molar-refractivity contribution is 7.89. The van der Waals surface area contributed by atoms with E-state index in [4.69, 9.17) is 18.0 Å². The summed E-state index contributed by atoms with van der Waals surface area (Å²) in [6.45, 7) is 3.02. The van der Waals surface area contributed by atoms with E-state index in [0.717, 1.165) is 12.1 Å². The van der Waals surface area contributed by atoms with E-state index in [9.17, 15) is 12.8 Å². The second kappa shape index (κ2) is 4.65. The quantitative estimate of drug-likeness (QED) is 0.860. The van der Waals surface area contributed by atoms with Crippen molar-refractivity contribution in [3.05, 3.63) is 29.0 Å². The molecule has 0 atom stereocenters. The van der Waals surface area contributed by atoms with Crippen LogP contribution in [-0.4, -0.2) is 14.0 Å². The fraction of sp³-hybridized carbons (Fsp3) is 0.273. The highest BCUT2D eigenvalue weighted by Crippen LogP contribution is 2.23. The molecule has 1 aromatic carbocycles. The summed E-state index contributed by atoms with van der Waals surface area (Å²) in [4.78, 5) is -0.331. The molecule has 0 saturated heterocycles. The lowest BCUT2D eigenvalue weighted by Gasteiger charge is -2.19. The number of hydrogen-bond acceptors (Lipinski definition) is 2. The molecule has 92 valence electrons. The molecule has 0 fully saturated rings. The van der Waals surface area contributed by atoms with Crippen LogP contribution >= 0.6 is 11.6 Å². The van der Waals surface area contributed by atoms with Gasteiger partial charge in [-0.25, -0.2) is 12.8 Å². The third-order valence-corrected chi connectivity index (χ3v) is 4.07. The van der Waals surface area contributed by atoms with Gasteiger partial charge in [0.1, 0.15) is 10.7 Å². The Kier molecular flexibility index (Phi) is 3.82. The van der Waals surface area contributed by atoms with Crippen molar-refractivity contribution in [3.8, 4) is 12.3 Å². The smallest absolute Gasteiger partial charge is 0.207 e. The zero-order valence-corrected chi connectivity index (χ0v) is 10.9. The molecule has 0 aliphatic heterocycles. The largest absolute Gasteiger partial charge is 0.243 e. The van der Waals surface area contributed by atoms with Gasteiger partial charge in [-0.2, -0.15) is 4.72 Å². The second-order valence-corrected chi connectivity index (χ2v) is 6.01. The number of terminal acetylenes is 1. The molecule has 0 unspecified atom stereocenters. The van der Waals surface area contributed by atoms with Gasteiger partial charge in [-0.1, -0.05) is 17.5 Å². The molecule has 3 nitrogen and oxygen atoms in total. The van der Waals surface area contributed by atoms with Crippen molar-refractivity contribution in [2.45, 2.75) is 24.3 Å². The Labute approximate surface area is 105 Å². The Morgan fingerprint density at radius 2 is 2.06 bits per heavy atom. The van der Waals surface area contributed by atoms with Crippen LogP contribution in [0.4, 0.5) is 4.39 Å². The van der Waals surface area contributed by atoms with Gasteiger partial charge in [0.05, 0.1) is 10.6 Å². The maximum absolute atomic E-state index is 13.0. The Bertz CT molecular complexity index is 576. The predicted octanol–water partition coefficient (Wildman–Crippen LogP) is 2.17. The summed E-state index contributed by atoms with van der Waals surface area (Å²) < 4.78 is 39.1. The van der Waals surface area contributed by atoms with Crippen LogP contribution in [0.1, 0.15) is 13.8 Å². The van der Waals surface area contributed by atoms with Gasteiger partial charge in [-0.3, -0.25) is 0 Å². The molecule has 1 rings (SSSR count). The molecular weight excluding hydrogens is 265 g/mol. The minimum absolute atomic E-state index is 0.0632. The van der Waals surface area contributed by atoms with Crippen molar-refractivity contribution in [2.75, 3.05) is 0 Å². The third-order valence-electron chi connectivity index (χ3n) is 1.93. The van der Waals surface area contributed by atoms with Crippen molar-refractivity contribution in [3.63, 3.8) is 0 Å². The zero-order valence-electron chi connectivity index (χ0n) is 9.29. The first-order valence-electron chi connectivity index (χ1n) is 4.65. The summed E-state index contributed by atoms with van der Waals surface area (Å²) in [6, 6.07) is 3.10. The van der Waals surface area contributed by atoms with E-state index in [2.05, 4.69) is 10.6 Å². The summed E-state index contributed by atoms with van der Waals surface area (Å²) >= 11 is 5.72. The van der Waals surface area contributed by atoms with Crippen molar-refractivity contribution >= 4 is 21.6 Å². The summed E-state index contributed by atoms with van der Waals surface area (Å²) in [5.74, 6) is 1.59. The van der Waals surface area contributed by atoms with E-state index in [0.29, 0.717) is 0 Å². The molecule has 0 radical (unpaired) electrons. The van der Waals surface area contributed by atoms with Crippen molar-refractivity contribution < 1.29 is 12.8 Å². The lowest BCUT2D eigenvalue weighted by molar-refractivity contribution is 0.537. The van der Waals surface area contributed by atoms with Gasteiger partial charge in [-0.15, -0.1) is 6.42 Å². The topological polar surface area (TPSA) is 46.2 Å². The molecule has 0 heterocycles. The molecule has 1 aromatic rings. The van der Waals surface area contributed by atoms with Crippen LogP contribution in [0.25, 0.3) is 0 Å². The second-order valence-electron chi connectivity index (χ2n) is 3.95. The lowest BCUT2D eigenvalue weighted by Crippen LogP contribution is -2.42. The molecule has 0 aromatic heterocycles. The van der Waals surface area contributed by atoms with Gasteiger partial charge in [-0.05, 0) is 32.0 Å². The number of nitrogens with one attached hydrogen (secondary N) is 1. The standard InChI is InChI=1S/C11H11ClFNO2S/c1-4-11(2,3)14-17(15,16)10-7-8(13)5-6-9(10)12/h1,5-7,14H,2-3H3. The van der Waals surface area contributed by atoms with Gasteiger partial charge in [0, 0.05) is 0 Å². The number of rotatable bonds is 3. The van der Waals surface area contributed by atoms with E-state index in [1.165, 1.54) is 19.9 Å². The minimum atomic E-state index is -3.95. The Hall–Kier alpha value is -1.09. The van der Waals surface area contributed by atoms with Crippen LogP contribution in [-0.2, 0) is 10.0 Å². The number of halogens is 2. The summed E-state index contributed by atoms with van der Waals surface area (Å²) in [7, 11) is -3.95. The number of sulfonamides is 1. The lowest BCUT2D eigenvalue weighted by atomic mass is 10.1. The molecule has 0 aliphatic carbocycles. The van der Waals surface area contributed by atoms with Crippen LogP contribution in [0.3, 0.4) is 0 Å². The first kappa shape index (κ1) is 14.0. The van der Waals surface area contributed by atoms with Crippen LogP contribution in [0.2, 0.25) is 5.02 Å². The molecular formula is C11H11ClFNO2S. The number of hydrogen-bond donors (Lipinski definition) is 1. The molecule has 17 heavy (non-hydrogen) atoms. The first-order chi connectivity index (χ1) is 7.68. The highest BCUT2D eigenvalue weighted by Gasteiger charge is 2.26. The predicted molar refractivity (Wildman–Crippen MR) is 64.6 cm³/mol. The van der Waals surface area contributed by atoms with Gasteiger partial charge < -0.3 is 0 Å². The Balaban J connectivity index is 3.24. The van der Waals surface area contributed by atoms with E-state index >= 15 is 0 Å². The Morgan fingerprint density at radius 3 is 2.59 bits per heavy atom. The number of benzene rings is 1. The van der Waals surface area contributed by atoms with Crippen molar-refractivity contribution in [1.82, 2.24) is 4.72 Å². The van der Waals surface area contributed by atoms with Gasteiger partial charge in [0.2, 0.25) is 10.0 Å². The van der Waals surface area contributed by atoms with Crippen molar-refractivity contribution in [2.24, 2.45) is 0 Å². The third kappa shape index (κ3) is 3.43. The fourth-order valence-electron chi connectivity index (χ4n) is 1.10. The summed E-state index contributed by atoms with van der Waals surface area (Å²) in [5.41, 5.74) is -1.07. The minimum Gasteiger partial charge on any atom is -0.207 e. The van der Waals surface area contributed by atoms with E-state index < -0.39 is 21.4 Å². The van der Waals surface area contributed by atoms with E-state index in [1.54, 1.807) is 0 Å². The summed E-state index contributed by atoms with van der Waals surface area (Å²) in [6.07, 6.45) is 5.18. The van der Waals surface area contributed by atoms with E-state index in [1.807, 2.05) is 0 Å². The molecule has 0 spiro atoms. The van der Waals surface area contributed by atoms with Crippen LogP contribution in [0.15, 0.2) is 23.1 Å². The van der Waals surface area contributed by atoms with Crippen LogP contribution < -0.4 is 4.72 Å². The maximum atomic E-state index is 13.0. The average molecular weight is 276 g/mol. The zero-order chi connectivity index (χ0) is 13.3. The maximum Gasteiger partial charge on any atom is 0.243 e. The molecule has 0 bridgehead atoms. The van der Waals surface area contributed by atoms with Crippen LogP contribution in [0, 0.1) is 18.2 Å². The van der Waals surface area contributed by atoms with Gasteiger partial charge in [0.15, 0.2) is 0 Å². The molecule has 0 aliphatic rings. The van der Waals surface area contributed by atoms with Crippen molar-refractivity contribution in [1.29, 1.82) is 0 Å². The molecule has 1 N–H and O–H groups in total. The van der Waals surface area contributed by atoms with E-state index in [-0.39, 0.29) is 9.92 Å². The average Bonchev–Trinajstić information content (AvgIpc) is 2.20. The first-order valence-corrected chi connectivity index (χ1v) is 6.51. The summed E-state index contributed by atoms with van der Waals surface area (Å²) in [5, 5.41) is -0.0632. The van der Waals surface area contributed by atoms with Gasteiger partial charge in [0.25, 0.3) is 0 Å². The molecule has 6 heteroatoms. The van der Waals surface area contributed by atoms with Crippen LogP contribution in [0.5, 0.6) is 0 Å². The van der Waals surface area contributed by atoms with Gasteiger partial charge >= 0.3 is 0 Å². The Morgan fingerprint density at radius 1 is 1.47 bits per heavy atom. The SMILES string of the molecule is C#CC(C)(C)NS(=O)(=O)c1cc(F)ccc1Cl. The monoisotopic (exact) mass is 275 g/mol. The fourth-order valence-corrected chi connectivity index (χ4v) is 2.96. The molecule has 0 amide bonds. The normalized spacial score (nSPS) is 12.2. The molecule has 0 saturated carbocycles. The highest BCUT2D eigenvalue weighted by atomic mass is 35.5.